The van der Waals surface area contributed by atoms with Crippen LogP contribution >= 0.6 is 0 Å². The van der Waals surface area contributed by atoms with Gasteiger partial charge in [0.1, 0.15) is 12.6 Å². The van der Waals surface area contributed by atoms with Crippen LogP contribution in [0.4, 0.5) is 0 Å². The van der Waals surface area contributed by atoms with Crippen LogP contribution in [0.1, 0.15) is 88.0 Å². The van der Waals surface area contributed by atoms with Gasteiger partial charge >= 0.3 is 11.9 Å². The highest BCUT2D eigenvalue weighted by Crippen LogP contribution is 2.63. The fraction of sp³-hybridized carbons (Fsp3) is 0.828. The van der Waals surface area contributed by atoms with Gasteiger partial charge in [-0.15, -0.1) is 0 Å². The maximum Gasteiger partial charge on any atom is 0.326 e. The third-order valence-corrected chi connectivity index (χ3v) is 8.24. The molecule has 11 nitrogen and oxygen atoms in total. The average molecular weight is 571 g/mol. The number of ether oxygens (including phenoxy) is 2. The zero-order chi connectivity index (χ0) is 31.2. The zero-order valence-corrected chi connectivity index (χ0v) is 25.7. The molecule has 1 fully saturated rings. The highest BCUT2D eigenvalue weighted by Gasteiger charge is 2.61. The minimum Gasteiger partial charge on any atom is -0.481 e. The van der Waals surface area contributed by atoms with Crippen molar-refractivity contribution < 1.29 is 43.7 Å². The number of carbonyl (C=O) groups excluding carboxylic acids is 3. The van der Waals surface area contributed by atoms with Crippen LogP contribution in [0, 0.1) is 21.7 Å². The summed E-state index contributed by atoms with van der Waals surface area (Å²) < 4.78 is 11.0. The summed E-state index contributed by atoms with van der Waals surface area (Å²) in [5.74, 6) is -3.03. The lowest BCUT2D eigenvalue weighted by atomic mass is 9.74. The topological polar surface area (TPSA) is 168 Å². The quantitative estimate of drug-likeness (QED) is 0.160. The molecule has 0 aromatic carbocycles. The third-order valence-electron chi connectivity index (χ3n) is 8.24. The first kappa shape index (κ1) is 35.7. The van der Waals surface area contributed by atoms with E-state index in [-0.39, 0.29) is 54.9 Å². The van der Waals surface area contributed by atoms with E-state index in [1.54, 1.807) is 27.7 Å². The molecule has 0 heterocycles. The number of aliphatic carboxylic acids is 2. The summed E-state index contributed by atoms with van der Waals surface area (Å²) in [4.78, 5) is 61.1. The van der Waals surface area contributed by atoms with Crippen molar-refractivity contribution in [3.63, 3.8) is 0 Å². The molecule has 1 aliphatic carbocycles. The molecule has 4 N–H and O–H groups in total. The van der Waals surface area contributed by atoms with Crippen molar-refractivity contribution in [3.05, 3.63) is 0 Å². The SMILES string of the molecule is CC(C)(CC(C)(C)C(=O)N[C@@H](CCC(=O)C(C)(C)NCCOCCOCC(=O)C1(C)CC1(C)C)C(=O)O)C(=O)O. The van der Waals surface area contributed by atoms with Crippen LogP contribution in [0.5, 0.6) is 0 Å². The van der Waals surface area contributed by atoms with E-state index >= 15 is 0 Å². The predicted octanol–water partition coefficient (Wildman–Crippen LogP) is 2.84. The number of carboxylic acids is 2. The van der Waals surface area contributed by atoms with E-state index in [1.165, 1.54) is 13.8 Å². The van der Waals surface area contributed by atoms with Crippen LogP contribution in [0.3, 0.4) is 0 Å². The molecule has 0 spiro atoms. The number of ketones is 2. The molecule has 0 aromatic rings. The zero-order valence-electron chi connectivity index (χ0n) is 25.7. The molecule has 0 saturated heterocycles. The van der Waals surface area contributed by atoms with Gasteiger partial charge in [-0.25, -0.2) is 4.79 Å². The standard InChI is InChI=1S/C29H50N2O9/c1-25(2,17-26(3,4)24(37)38)23(36)31-19(22(34)35)10-11-20(32)28(7,8)30-12-13-39-14-15-40-16-21(33)29(9)18-27(29,5)6/h19,30H,10-18H2,1-9H3,(H,31,36)(H,34,35)(H,37,38)/t19-,29?/m0/s1. The molecule has 0 aliphatic heterocycles. The lowest BCUT2D eigenvalue weighted by molar-refractivity contribution is -0.151. The molecule has 230 valence electrons. The van der Waals surface area contributed by atoms with E-state index in [9.17, 15) is 34.2 Å². The van der Waals surface area contributed by atoms with E-state index in [0.29, 0.717) is 19.8 Å². The molecular formula is C29H50N2O9. The second-order valence-electron chi connectivity index (χ2n) is 13.6. The number of amides is 1. The monoisotopic (exact) mass is 570 g/mol. The fourth-order valence-electron chi connectivity index (χ4n) is 4.85. The van der Waals surface area contributed by atoms with Gasteiger partial charge in [0.25, 0.3) is 0 Å². The Bertz CT molecular complexity index is 955. The molecule has 11 heteroatoms. The molecule has 0 aromatic heterocycles. The molecular weight excluding hydrogens is 520 g/mol. The van der Waals surface area contributed by atoms with Crippen molar-refractivity contribution in [2.45, 2.75) is 99.6 Å². The molecule has 1 amide bonds. The minimum absolute atomic E-state index is 0.00743. The second-order valence-corrected chi connectivity index (χ2v) is 13.6. The second kappa shape index (κ2) is 13.5. The third kappa shape index (κ3) is 9.92. The summed E-state index contributed by atoms with van der Waals surface area (Å²) in [6.45, 7) is 17.0. The number of carbonyl (C=O) groups is 5. The Morgan fingerprint density at radius 2 is 1.43 bits per heavy atom. The maximum absolute atomic E-state index is 12.8. The van der Waals surface area contributed by atoms with Gasteiger partial charge in [-0.3, -0.25) is 19.2 Å². The number of rotatable bonds is 20. The summed E-state index contributed by atoms with van der Waals surface area (Å²) in [5, 5.41) is 24.5. The summed E-state index contributed by atoms with van der Waals surface area (Å²) >= 11 is 0. The first-order valence-corrected chi connectivity index (χ1v) is 13.8. The van der Waals surface area contributed by atoms with Gasteiger partial charge in [0.2, 0.25) is 5.91 Å². The summed E-state index contributed by atoms with van der Waals surface area (Å²) in [6, 6.07) is -1.29. The summed E-state index contributed by atoms with van der Waals surface area (Å²) in [5.41, 5.74) is -3.53. The average Bonchev–Trinajstić information content (AvgIpc) is 3.34. The molecule has 1 unspecified atom stereocenters. The van der Waals surface area contributed by atoms with Gasteiger partial charge in [0.15, 0.2) is 11.6 Å². The Balaban J connectivity index is 2.40. The number of carboxylic acid groups (broad SMARTS) is 2. The fourth-order valence-corrected chi connectivity index (χ4v) is 4.85. The Morgan fingerprint density at radius 1 is 0.875 bits per heavy atom. The van der Waals surface area contributed by atoms with E-state index in [2.05, 4.69) is 24.5 Å². The van der Waals surface area contributed by atoms with Crippen LogP contribution in [-0.2, 0) is 33.4 Å². The van der Waals surface area contributed by atoms with Crippen LogP contribution < -0.4 is 10.6 Å². The van der Waals surface area contributed by atoms with Gasteiger partial charge in [0, 0.05) is 23.8 Å². The number of nitrogens with one attached hydrogen (secondary N) is 2. The van der Waals surface area contributed by atoms with E-state index in [1.807, 2.05) is 6.92 Å². The predicted molar refractivity (Wildman–Crippen MR) is 149 cm³/mol. The van der Waals surface area contributed by atoms with Crippen LogP contribution in [0.25, 0.3) is 0 Å². The Morgan fingerprint density at radius 3 is 1.93 bits per heavy atom. The Hall–Kier alpha value is -2.37. The summed E-state index contributed by atoms with van der Waals surface area (Å²) in [6.07, 6.45) is 0.687. The molecule has 1 saturated carbocycles. The lowest BCUT2D eigenvalue weighted by Crippen LogP contribution is -2.50. The van der Waals surface area contributed by atoms with Gasteiger partial charge < -0.3 is 30.3 Å². The van der Waals surface area contributed by atoms with Crippen molar-refractivity contribution in [2.24, 2.45) is 21.7 Å². The highest BCUT2D eigenvalue weighted by molar-refractivity contribution is 5.90. The highest BCUT2D eigenvalue weighted by atomic mass is 16.5. The molecule has 0 radical (unpaired) electrons. The van der Waals surface area contributed by atoms with Gasteiger partial charge in [-0.2, -0.15) is 0 Å². The largest absolute Gasteiger partial charge is 0.481 e. The van der Waals surface area contributed by atoms with Gasteiger partial charge in [0.05, 0.1) is 30.8 Å². The molecule has 1 aliphatic rings. The van der Waals surface area contributed by atoms with E-state index in [4.69, 9.17) is 9.47 Å². The van der Waals surface area contributed by atoms with Crippen molar-refractivity contribution in [1.82, 2.24) is 10.6 Å². The number of hydrogen-bond donors (Lipinski definition) is 4. The smallest absolute Gasteiger partial charge is 0.326 e. The van der Waals surface area contributed by atoms with Crippen molar-refractivity contribution in [2.75, 3.05) is 33.0 Å². The number of hydrogen-bond acceptors (Lipinski definition) is 8. The van der Waals surface area contributed by atoms with Crippen molar-refractivity contribution in [1.29, 1.82) is 0 Å². The molecule has 0 bridgehead atoms. The first-order valence-electron chi connectivity index (χ1n) is 13.8. The lowest BCUT2D eigenvalue weighted by Gasteiger charge is -2.32. The normalized spacial score (nSPS) is 19.5. The molecule has 2 atom stereocenters. The Kier molecular flexibility index (Phi) is 12.1. The first-order chi connectivity index (χ1) is 18.1. The molecule has 40 heavy (non-hydrogen) atoms. The number of Topliss-reactive ketones (excluding diaryl/α,β-unsaturated/α-hetero) is 2. The van der Waals surface area contributed by atoms with Gasteiger partial charge in [-0.1, -0.05) is 34.6 Å². The van der Waals surface area contributed by atoms with E-state index in [0.717, 1.165) is 6.42 Å². The Labute approximate surface area is 238 Å². The van der Waals surface area contributed by atoms with Gasteiger partial charge in [-0.05, 0) is 52.4 Å². The van der Waals surface area contributed by atoms with Crippen LogP contribution in [0.15, 0.2) is 0 Å². The maximum atomic E-state index is 12.8. The van der Waals surface area contributed by atoms with Crippen LogP contribution in [0.2, 0.25) is 0 Å². The molecule has 1 rings (SSSR count). The van der Waals surface area contributed by atoms with Crippen molar-refractivity contribution in [3.8, 4) is 0 Å². The summed E-state index contributed by atoms with van der Waals surface area (Å²) in [7, 11) is 0. The van der Waals surface area contributed by atoms with E-state index < -0.39 is 40.3 Å². The minimum atomic E-state index is -1.29. The van der Waals surface area contributed by atoms with Crippen molar-refractivity contribution >= 4 is 29.4 Å². The van der Waals surface area contributed by atoms with Crippen LogP contribution in [-0.4, -0.2) is 84.2 Å².